The van der Waals surface area contributed by atoms with Crippen LogP contribution < -0.4 is 0 Å². The van der Waals surface area contributed by atoms with Crippen LogP contribution in [0.15, 0.2) is 29.6 Å². The van der Waals surface area contributed by atoms with Gasteiger partial charge in [0.15, 0.2) is 0 Å². The van der Waals surface area contributed by atoms with E-state index in [0.29, 0.717) is 0 Å². The molecule has 0 spiro atoms. The van der Waals surface area contributed by atoms with E-state index in [2.05, 4.69) is 17.7 Å². The molecule has 2 aromatic rings. The number of aryl methyl sites for hydroxylation is 1. The van der Waals surface area contributed by atoms with Gasteiger partial charge in [0.25, 0.3) is 0 Å². The Morgan fingerprint density at radius 2 is 2.00 bits per heavy atom. The molecule has 0 saturated heterocycles. The third-order valence-electron chi connectivity index (χ3n) is 1.96. The van der Waals surface area contributed by atoms with Crippen LogP contribution in [0.1, 0.15) is 5.56 Å². The summed E-state index contributed by atoms with van der Waals surface area (Å²) in [5.41, 5.74) is 3.45. The fourth-order valence-corrected chi connectivity index (χ4v) is 2.27. The quantitative estimate of drug-likeness (QED) is 0.658. The van der Waals surface area contributed by atoms with Gasteiger partial charge in [0.2, 0.25) is 0 Å². The van der Waals surface area contributed by atoms with Crippen molar-refractivity contribution in [2.75, 3.05) is 0 Å². The first kappa shape index (κ1) is 8.79. The van der Waals surface area contributed by atoms with Crippen LogP contribution in [0.2, 0.25) is 5.02 Å². The predicted octanol–water partition coefficient (Wildman–Crippen LogP) is 4.18. The maximum atomic E-state index is 6.08. The molecule has 0 saturated carbocycles. The second kappa shape index (κ2) is 3.52. The Morgan fingerprint density at radius 3 is 2.62 bits per heavy atom. The summed E-state index contributed by atoms with van der Waals surface area (Å²) in [6, 6.07) is 7.88. The van der Waals surface area contributed by atoms with Gasteiger partial charge < -0.3 is 0 Å². The van der Waals surface area contributed by atoms with Gasteiger partial charge in [0.1, 0.15) is 0 Å². The van der Waals surface area contributed by atoms with Gasteiger partial charge in [-0.3, -0.25) is 0 Å². The molecule has 0 N–H and O–H groups in total. The van der Waals surface area contributed by atoms with Gasteiger partial charge in [-0.25, -0.2) is 0 Å². The van der Waals surface area contributed by atoms with Crippen molar-refractivity contribution in [3.8, 4) is 11.1 Å². The first-order valence-corrected chi connectivity index (χ1v) is 5.25. The van der Waals surface area contributed by atoms with Crippen molar-refractivity contribution in [3.63, 3.8) is 0 Å². The molecule has 1 aromatic heterocycles. The number of rotatable bonds is 1. The highest BCUT2D eigenvalue weighted by Crippen LogP contribution is 2.31. The van der Waals surface area contributed by atoms with Crippen LogP contribution >= 0.6 is 22.9 Å². The Kier molecular flexibility index (Phi) is 2.38. The van der Waals surface area contributed by atoms with Crippen molar-refractivity contribution in [3.05, 3.63) is 45.6 Å². The summed E-state index contributed by atoms with van der Waals surface area (Å²) in [7, 11) is 0. The lowest BCUT2D eigenvalue weighted by atomic mass is 10.1. The van der Waals surface area contributed by atoms with E-state index in [4.69, 9.17) is 11.6 Å². The Bertz CT molecular complexity index is 418. The second-order valence-corrected chi connectivity index (χ2v) is 3.94. The minimum absolute atomic E-state index is 0.803. The molecular formula is C11H8ClS. The monoisotopic (exact) mass is 207 g/mol. The average molecular weight is 208 g/mol. The largest absolute Gasteiger partial charge is 0.142 e. The van der Waals surface area contributed by atoms with Crippen LogP contribution in [0, 0.1) is 12.3 Å². The molecule has 1 heterocycles. The van der Waals surface area contributed by atoms with Crippen molar-refractivity contribution >= 4 is 22.9 Å². The number of hydrogen-bond donors (Lipinski definition) is 0. The topological polar surface area (TPSA) is 0 Å². The lowest BCUT2D eigenvalue weighted by Crippen LogP contribution is -1.78. The van der Waals surface area contributed by atoms with E-state index in [1.807, 2.05) is 24.3 Å². The van der Waals surface area contributed by atoms with Gasteiger partial charge in [-0.15, -0.1) is 11.3 Å². The highest BCUT2D eigenvalue weighted by Gasteiger charge is 2.05. The zero-order valence-electron chi connectivity index (χ0n) is 7.17. The Hall–Kier alpha value is -0.790. The van der Waals surface area contributed by atoms with Gasteiger partial charge in [0, 0.05) is 16.0 Å². The van der Waals surface area contributed by atoms with E-state index in [-0.39, 0.29) is 0 Å². The third kappa shape index (κ3) is 1.62. The van der Waals surface area contributed by atoms with E-state index >= 15 is 0 Å². The molecule has 2 rings (SSSR count). The van der Waals surface area contributed by atoms with Crippen molar-refractivity contribution in [2.45, 2.75) is 6.92 Å². The summed E-state index contributed by atoms with van der Waals surface area (Å²) in [5, 5.41) is 6.06. The molecule has 0 amide bonds. The molecule has 0 nitrogen and oxygen atoms in total. The molecule has 0 unspecified atom stereocenters. The minimum Gasteiger partial charge on any atom is -0.142 e. The third-order valence-corrected chi connectivity index (χ3v) is 3.06. The summed E-state index contributed by atoms with van der Waals surface area (Å²) in [6.45, 7) is 2.05. The normalized spacial score (nSPS) is 10.3. The van der Waals surface area contributed by atoms with Crippen molar-refractivity contribution < 1.29 is 0 Å². The Balaban J connectivity index is 2.59. The van der Waals surface area contributed by atoms with Crippen molar-refractivity contribution in [2.24, 2.45) is 0 Å². The first-order chi connectivity index (χ1) is 6.29. The zero-order chi connectivity index (χ0) is 9.26. The Morgan fingerprint density at radius 1 is 1.23 bits per heavy atom. The molecule has 0 aliphatic heterocycles. The molecule has 2 heteroatoms. The van der Waals surface area contributed by atoms with Gasteiger partial charge >= 0.3 is 0 Å². The smallest absolute Gasteiger partial charge is 0.0484 e. The maximum absolute atomic E-state index is 6.08. The van der Waals surface area contributed by atoms with Gasteiger partial charge in [-0.2, -0.15) is 0 Å². The summed E-state index contributed by atoms with van der Waals surface area (Å²) in [6.07, 6.45) is 0. The van der Waals surface area contributed by atoms with E-state index in [0.717, 1.165) is 16.1 Å². The molecule has 0 bridgehead atoms. The molecule has 1 radical (unpaired) electrons. The van der Waals surface area contributed by atoms with Crippen molar-refractivity contribution in [1.29, 1.82) is 0 Å². The maximum Gasteiger partial charge on any atom is 0.0484 e. The average Bonchev–Trinajstić information content (AvgIpc) is 2.52. The summed E-state index contributed by atoms with van der Waals surface area (Å²) >= 11 is 7.66. The predicted molar refractivity (Wildman–Crippen MR) is 58.3 cm³/mol. The second-order valence-electron chi connectivity index (χ2n) is 2.86. The number of benzene rings is 1. The fourth-order valence-electron chi connectivity index (χ4n) is 1.27. The van der Waals surface area contributed by atoms with Gasteiger partial charge in [0.05, 0.1) is 0 Å². The standard InChI is InChI=1S/C11H8ClS/c1-8-6-13-7-10(8)9-4-2-3-5-11(9)12/h2-5,7H,1H3. The highest BCUT2D eigenvalue weighted by molar-refractivity contribution is 7.08. The molecule has 65 valence electrons. The van der Waals surface area contributed by atoms with Crippen molar-refractivity contribution in [1.82, 2.24) is 0 Å². The van der Waals surface area contributed by atoms with Gasteiger partial charge in [-0.1, -0.05) is 29.8 Å². The first-order valence-electron chi connectivity index (χ1n) is 3.99. The summed E-state index contributed by atoms with van der Waals surface area (Å²) < 4.78 is 0. The number of hydrogen-bond acceptors (Lipinski definition) is 1. The van der Waals surface area contributed by atoms with Gasteiger partial charge in [-0.05, 0) is 29.5 Å². The molecule has 0 atom stereocenters. The van der Waals surface area contributed by atoms with E-state index < -0.39 is 0 Å². The summed E-state index contributed by atoms with van der Waals surface area (Å²) in [5.74, 6) is 0. The molecule has 0 fully saturated rings. The van der Waals surface area contributed by atoms with Crippen LogP contribution in [0.4, 0.5) is 0 Å². The van der Waals surface area contributed by atoms with E-state index in [9.17, 15) is 0 Å². The lowest BCUT2D eigenvalue weighted by Gasteiger charge is -2.01. The van der Waals surface area contributed by atoms with E-state index in [1.54, 1.807) is 11.3 Å². The van der Waals surface area contributed by atoms with Crippen LogP contribution in [-0.2, 0) is 0 Å². The molecule has 0 aliphatic rings. The number of thiophene rings is 1. The molecule has 13 heavy (non-hydrogen) atoms. The molecule has 0 aliphatic carbocycles. The summed E-state index contributed by atoms with van der Waals surface area (Å²) in [4.78, 5) is 0. The SMILES string of the molecule is Cc1[c]scc1-c1ccccc1Cl. The van der Waals surface area contributed by atoms with Crippen LogP contribution in [-0.4, -0.2) is 0 Å². The zero-order valence-corrected chi connectivity index (χ0v) is 8.75. The Labute approximate surface area is 86.8 Å². The molecule has 1 aromatic carbocycles. The van der Waals surface area contributed by atoms with Crippen LogP contribution in [0.5, 0.6) is 0 Å². The van der Waals surface area contributed by atoms with Crippen LogP contribution in [0.3, 0.4) is 0 Å². The number of halogens is 1. The highest BCUT2D eigenvalue weighted by atomic mass is 35.5. The fraction of sp³-hybridized carbons (Fsp3) is 0.0909. The molecular weight excluding hydrogens is 200 g/mol. The minimum atomic E-state index is 0.803. The van der Waals surface area contributed by atoms with E-state index in [1.165, 1.54) is 5.56 Å². The van der Waals surface area contributed by atoms with Crippen LogP contribution in [0.25, 0.3) is 11.1 Å². The lowest BCUT2D eigenvalue weighted by molar-refractivity contribution is 1.52.